The molecule has 0 radical (unpaired) electrons. The van der Waals surface area contributed by atoms with E-state index >= 15 is 0 Å². The third kappa shape index (κ3) is 6.19. The molecule has 3 rings (SSSR count). The number of carbonyl (C=O) groups is 2. The van der Waals surface area contributed by atoms with Gasteiger partial charge in [0, 0.05) is 24.4 Å². The smallest absolute Gasteiger partial charge is 0.251 e. The van der Waals surface area contributed by atoms with E-state index in [0.717, 1.165) is 16.9 Å². The van der Waals surface area contributed by atoms with Crippen molar-refractivity contribution in [1.82, 2.24) is 5.32 Å². The molecule has 0 aliphatic heterocycles. The van der Waals surface area contributed by atoms with Gasteiger partial charge in [0.25, 0.3) is 5.91 Å². The summed E-state index contributed by atoms with van der Waals surface area (Å²) in [5, 5.41) is 5.40. The van der Waals surface area contributed by atoms with E-state index in [0.29, 0.717) is 24.5 Å². The zero-order chi connectivity index (χ0) is 20.5. The summed E-state index contributed by atoms with van der Waals surface area (Å²) < 4.78 is 10.8. The Morgan fingerprint density at radius 1 is 1.03 bits per heavy atom. The number of nitrogens with one attached hydrogen (secondary N) is 2. The molecule has 0 bridgehead atoms. The third-order valence-electron chi connectivity index (χ3n) is 4.11. The lowest BCUT2D eigenvalue weighted by molar-refractivity contribution is -0.111. The van der Waals surface area contributed by atoms with Crippen molar-refractivity contribution in [3.05, 3.63) is 95.5 Å². The second-order valence-corrected chi connectivity index (χ2v) is 6.30. The van der Waals surface area contributed by atoms with Gasteiger partial charge in [-0.1, -0.05) is 24.3 Å². The van der Waals surface area contributed by atoms with Gasteiger partial charge in [-0.15, -0.1) is 0 Å². The van der Waals surface area contributed by atoms with Crippen LogP contribution in [0, 0.1) is 0 Å². The van der Waals surface area contributed by atoms with Crippen molar-refractivity contribution >= 4 is 23.6 Å². The number of carbonyl (C=O) groups excluding carboxylic acids is 2. The van der Waals surface area contributed by atoms with Gasteiger partial charge in [0.15, 0.2) is 0 Å². The van der Waals surface area contributed by atoms with Gasteiger partial charge in [0.05, 0.1) is 12.9 Å². The first-order chi connectivity index (χ1) is 14.1. The SMILES string of the molecule is CNC(=O)c1ccc(/C=C/C(=O)Nc2cccc(COCc3ccco3)c2)cc1. The number of hydrogen-bond acceptors (Lipinski definition) is 4. The molecular formula is C23H22N2O4. The molecule has 0 saturated heterocycles. The lowest BCUT2D eigenvalue weighted by Gasteiger charge is -2.06. The van der Waals surface area contributed by atoms with Crippen molar-refractivity contribution in [1.29, 1.82) is 0 Å². The number of hydrogen-bond donors (Lipinski definition) is 2. The van der Waals surface area contributed by atoms with Crippen LogP contribution in [0.15, 0.2) is 77.4 Å². The molecule has 0 atom stereocenters. The van der Waals surface area contributed by atoms with Gasteiger partial charge < -0.3 is 19.8 Å². The highest BCUT2D eigenvalue weighted by Crippen LogP contribution is 2.13. The van der Waals surface area contributed by atoms with Crippen LogP contribution in [0.5, 0.6) is 0 Å². The summed E-state index contributed by atoms with van der Waals surface area (Å²) in [6.07, 6.45) is 4.76. The van der Waals surface area contributed by atoms with Crippen molar-refractivity contribution in [2.75, 3.05) is 12.4 Å². The van der Waals surface area contributed by atoms with E-state index in [9.17, 15) is 9.59 Å². The Bertz CT molecular complexity index is 976. The molecule has 2 N–H and O–H groups in total. The molecule has 0 fully saturated rings. The molecule has 2 aromatic carbocycles. The van der Waals surface area contributed by atoms with Gasteiger partial charge in [0.2, 0.25) is 5.91 Å². The van der Waals surface area contributed by atoms with Gasteiger partial charge in [0.1, 0.15) is 12.4 Å². The number of rotatable bonds is 8. The maximum atomic E-state index is 12.2. The zero-order valence-electron chi connectivity index (χ0n) is 16.1. The van der Waals surface area contributed by atoms with Crippen LogP contribution in [0.4, 0.5) is 5.69 Å². The molecule has 1 aromatic heterocycles. The van der Waals surface area contributed by atoms with Crippen LogP contribution >= 0.6 is 0 Å². The minimum absolute atomic E-state index is 0.147. The van der Waals surface area contributed by atoms with Crippen LogP contribution in [0.3, 0.4) is 0 Å². The lowest BCUT2D eigenvalue weighted by Crippen LogP contribution is -2.17. The number of ether oxygens (including phenoxy) is 1. The minimum atomic E-state index is -0.242. The molecule has 2 amide bonds. The fourth-order valence-corrected chi connectivity index (χ4v) is 2.65. The number of furan rings is 1. The van der Waals surface area contributed by atoms with E-state index in [2.05, 4.69) is 10.6 Å². The van der Waals surface area contributed by atoms with Crippen molar-refractivity contribution in [3.8, 4) is 0 Å². The zero-order valence-corrected chi connectivity index (χ0v) is 16.1. The maximum Gasteiger partial charge on any atom is 0.251 e. The van der Waals surface area contributed by atoms with Gasteiger partial charge in [-0.2, -0.15) is 0 Å². The monoisotopic (exact) mass is 390 g/mol. The highest BCUT2D eigenvalue weighted by Gasteiger charge is 2.03. The molecule has 29 heavy (non-hydrogen) atoms. The summed E-state index contributed by atoms with van der Waals surface area (Å²) in [6.45, 7) is 0.808. The molecule has 0 spiro atoms. The van der Waals surface area contributed by atoms with Gasteiger partial charge in [-0.25, -0.2) is 0 Å². The van der Waals surface area contributed by atoms with Gasteiger partial charge in [-0.3, -0.25) is 9.59 Å². The van der Waals surface area contributed by atoms with Gasteiger partial charge in [-0.05, 0) is 53.6 Å². The Balaban J connectivity index is 1.52. The van der Waals surface area contributed by atoms with Crippen molar-refractivity contribution in [3.63, 3.8) is 0 Å². The molecular weight excluding hydrogens is 368 g/mol. The second-order valence-electron chi connectivity index (χ2n) is 6.30. The van der Waals surface area contributed by atoms with Gasteiger partial charge >= 0.3 is 0 Å². The van der Waals surface area contributed by atoms with Crippen molar-refractivity contribution in [2.45, 2.75) is 13.2 Å². The average Bonchev–Trinajstić information content (AvgIpc) is 3.26. The number of amides is 2. The predicted octanol–water partition coefficient (Wildman–Crippen LogP) is 4.01. The third-order valence-corrected chi connectivity index (χ3v) is 4.11. The van der Waals surface area contributed by atoms with E-state index in [4.69, 9.17) is 9.15 Å². The Labute approximate surface area is 169 Å². The Morgan fingerprint density at radius 3 is 2.59 bits per heavy atom. The highest BCUT2D eigenvalue weighted by atomic mass is 16.5. The Morgan fingerprint density at radius 2 is 1.86 bits per heavy atom. The average molecular weight is 390 g/mol. The maximum absolute atomic E-state index is 12.2. The molecule has 0 aliphatic carbocycles. The molecule has 6 nitrogen and oxygen atoms in total. The standard InChI is InChI=1S/C23H22N2O4/c1-24-23(27)19-10-7-17(8-11-19)9-12-22(26)25-20-5-2-4-18(14-20)15-28-16-21-6-3-13-29-21/h2-14H,15-16H2,1H3,(H,24,27)(H,25,26)/b12-9+. The molecule has 0 saturated carbocycles. The number of benzene rings is 2. The minimum Gasteiger partial charge on any atom is -0.467 e. The van der Waals surface area contributed by atoms with E-state index in [1.54, 1.807) is 43.7 Å². The summed E-state index contributed by atoms with van der Waals surface area (Å²) >= 11 is 0. The summed E-state index contributed by atoms with van der Waals surface area (Å²) in [6, 6.07) is 18.1. The Hall–Kier alpha value is -3.64. The topological polar surface area (TPSA) is 80.6 Å². The first-order valence-electron chi connectivity index (χ1n) is 9.14. The second kappa shape index (κ2) is 10.1. The lowest BCUT2D eigenvalue weighted by atomic mass is 10.1. The largest absolute Gasteiger partial charge is 0.467 e. The molecule has 1 heterocycles. The van der Waals surface area contributed by atoms with E-state index in [1.165, 1.54) is 6.08 Å². The molecule has 3 aromatic rings. The summed E-state index contributed by atoms with van der Waals surface area (Å²) in [7, 11) is 1.58. The summed E-state index contributed by atoms with van der Waals surface area (Å²) in [4.78, 5) is 23.7. The molecule has 148 valence electrons. The van der Waals surface area contributed by atoms with Crippen molar-refractivity contribution < 1.29 is 18.7 Å². The van der Waals surface area contributed by atoms with Crippen LogP contribution in [0.1, 0.15) is 27.2 Å². The van der Waals surface area contributed by atoms with E-state index < -0.39 is 0 Å². The van der Waals surface area contributed by atoms with Crippen LogP contribution < -0.4 is 10.6 Å². The van der Waals surface area contributed by atoms with Crippen LogP contribution in [0.25, 0.3) is 6.08 Å². The summed E-state index contributed by atoms with van der Waals surface area (Å²) in [5.41, 5.74) is 3.03. The quantitative estimate of drug-likeness (QED) is 0.570. The van der Waals surface area contributed by atoms with E-state index in [-0.39, 0.29) is 11.8 Å². The molecule has 0 aliphatic rings. The predicted molar refractivity (Wildman–Crippen MR) is 111 cm³/mol. The highest BCUT2D eigenvalue weighted by molar-refractivity contribution is 6.02. The van der Waals surface area contributed by atoms with E-state index in [1.807, 2.05) is 36.4 Å². The molecule has 0 unspecified atom stereocenters. The van der Waals surface area contributed by atoms with Crippen LogP contribution in [-0.2, 0) is 22.7 Å². The molecule has 6 heteroatoms. The van der Waals surface area contributed by atoms with Crippen LogP contribution in [0.2, 0.25) is 0 Å². The fraction of sp³-hybridized carbons (Fsp3) is 0.130. The number of anilines is 1. The van der Waals surface area contributed by atoms with Crippen LogP contribution in [-0.4, -0.2) is 18.9 Å². The Kier molecular flexibility index (Phi) is 6.97. The summed E-state index contributed by atoms with van der Waals surface area (Å²) in [5.74, 6) is 0.378. The normalized spacial score (nSPS) is 10.8. The fourth-order valence-electron chi connectivity index (χ4n) is 2.65. The first kappa shape index (κ1) is 20.1. The first-order valence-corrected chi connectivity index (χ1v) is 9.14. The van der Waals surface area contributed by atoms with Crippen molar-refractivity contribution in [2.24, 2.45) is 0 Å².